The van der Waals surface area contributed by atoms with Crippen molar-refractivity contribution in [1.29, 1.82) is 0 Å². The van der Waals surface area contributed by atoms with Crippen molar-refractivity contribution >= 4 is 49.8 Å². The van der Waals surface area contributed by atoms with Crippen molar-refractivity contribution in [2.24, 2.45) is 0 Å². The third-order valence-electron chi connectivity index (χ3n) is 7.61. The monoisotopic (exact) mass is 588 g/mol. The summed E-state index contributed by atoms with van der Waals surface area (Å²) in [7, 11) is 0. The summed E-state index contributed by atoms with van der Waals surface area (Å²) in [6.07, 6.45) is 0. The van der Waals surface area contributed by atoms with Gasteiger partial charge in [0.15, 0.2) is 23.3 Å². The molecule has 0 aliphatic carbocycles. The molecule has 10 heteroatoms. The van der Waals surface area contributed by atoms with Crippen LogP contribution < -0.4 is 5.73 Å². The van der Waals surface area contributed by atoms with E-state index in [4.69, 9.17) is 35.6 Å². The molecule has 0 amide bonds. The molecule has 8 bridgehead atoms. The smallest absolute Gasteiger partial charge is 0.164 e. The predicted octanol–water partition coefficient (Wildman–Crippen LogP) is 6.45. The summed E-state index contributed by atoms with van der Waals surface area (Å²) in [5.74, 6) is 2.25. The Hall–Kier alpha value is -5.45. The molecular weight excluding hydrogens is 569 g/mol. The zero-order valence-corrected chi connectivity index (χ0v) is 22.8. The molecule has 0 fully saturated rings. The van der Waals surface area contributed by atoms with Crippen LogP contribution in [-0.2, 0) is 16.8 Å². The Bertz CT molecular complexity index is 2400. The molecule has 7 aromatic rings. The van der Waals surface area contributed by atoms with Crippen molar-refractivity contribution in [2.75, 3.05) is 5.73 Å². The number of fused-ring (bicyclic) bond motifs is 20. The van der Waals surface area contributed by atoms with Crippen LogP contribution in [0.4, 0.5) is 5.69 Å². The van der Waals surface area contributed by atoms with Gasteiger partial charge >= 0.3 is 0 Å². The van der Waals surface area contributed by atoms with Gasteiger partial charge in [0.25, 0.3) is 0 Å². The number of benzene rings is 4. The number of aromatic nitrogens is 8. The van der Waals surface area contributed by atoms with E-state index < -0.39 is 0 Å². The first kappa shape index (κ1) is 24.4. The Morgan fingerprint density at radius 1 is 0.405 bits per heavy atom. The van der Waals surface area contributed by atoms with Crippen LogP contribution in [0.25, 0.3) is 89.7 Å². The molecule has 0 saturated carbocycles. The second-order valence-corrected chi connectivity index (χ2v) is 10.0. The summed E-state index contributed by atoms with van der Waals surface area (Å²) in [5, 5.41) is 3.51. The molecule has 5 heterocycles. The minimum atomic E-state index is 0. The molecule has 3 aromatic heterocycles. The van der Waals surface area contributed by atoms with Crippen molar-refractivity contribution < 1.29 is 16.8 Å². The fourth-order valence-corrected chi connectivity index (χ4v) is 5.72. The van der Waals surface area contributed by atoms with Crippen LogP contribution in [0.3, 0.4) is 0 Å². The number of nitrogens with zero attached hydrogens (tertiary/aromatic N) is 6. The number of hydrogen-bond acceptors (Lipinski definition) is 7. The van der Waals surface area contributed by atoms with E-state index in [1.807, 2.05) is 91.0 Å². The zero-order valence-electron chi connectivity index (χ0n) is 21.8. The van der Waals surface area contributed by atoms with Crippen LogP contribution >= 0.6 is 0 Å². The zero-order chi connectivity index (χ0) is 27.1. The van der Waals surface area contributed by atoms with Crippen molar-refractivity contribution in [3.8, 4) is 45.6 Å². The Morgan fingerprint density at radius 3 is 1.29 bits per heavy atom. The maximum Gasteiger partial charge on any atom is 0.164 e. The van der Waals surface area contributed by atoms with Crippen molar-refractivity contribution in [1.82, 2.24) is 39.9 Å². The summed E-state index contributed by atoms with van der Waals surface area (Å²) in [6, 6.07) is 29.7. The summed E-state index contributed by atoms with van der Waals surface area (Å²) in [6.45, 7) is 0. The van der Waals surface area contributed by atoms with Gasteiger partial charge in [0.2, 0.25) is 0 Å². The van der Waals surface area contributed by atoms with Gasteiger partial charge in [-0.15, -0.1) is 0 Å². The molecule has 9 nitrogen and oxygen atoms in total. The fourth-order valence-electron chi connectivity index (χ4n) is 5.72. The van der Waals surface area contributed by atoms with Crippen LogP contribution in [0.1, 0.15) is 0 Å². The molecular formula is C32H19CoN9. The van der Waals surface area contributed by atoms with Crippen LogP contribution in [-0.4, -0.2) is 39.9 Å². The van der Waals surface area contributed by atoms with Crippen molar-refractivity contribution in [3.63, 3.8) is 0 Å². The van der Waals surface area contributed by atoms with Gasteiger partial charge in [0, 0.05) is 60.9 Å². The number of aromatic amines is 2. The summed E-state index contributed by atoms with van der Waals surface area (Å²) in [5.41, 5.74) is 13.2. The average Bonchev–Trinajstić information content (AvgIpc) is 3.73. The van der Waals surface area contributed by atoms with Gasteiger partial charge in [-0.2, -0.15) is 0 Å². The SMILES string of the molecule is Nc1cccc2c3nc4nc(nc5[nH]c(nc6nc(nc([nH]3)c12)-c1ccccc1-6)c1ccccc51)-c1ccccc1-4.[Co]. The Labute approximate surface area is 248 Å². The Kier molecular flexibility index (Phi) is 5.24. The van der Waals surface area contributed by atoms with E-state index in [0.29, 0.717) is 51.6 Å². The first-order chi connectivity index (χ1) is 20.2. The fraction of sp³-hybridized carbons (Fsp3) is 0. The summed E-state index contributed by atoms with van der Waals surface area (Å²) < 4.78 is 0. The third kappa shape index (κ3) is 3.49. The molecule has 4 N–H and O–H groups in total. The molecule has 2 aliphatic rings. The molecule has 0 atom stereocenters. The number of rotatable bonds is 0. The van der Waals surface area contributed by atoms with Gasteiger partial charge in [-0.3, -0.25) is 0 Å². The van der Waals surface area contributed by atoms with Crippen LogP contribution in [0, 0.1) is 0 Å². The van der Waals surface area contributed by atoms with E-state index >= 15 is 0 Å². The van der Waals surface area contributed by atoms with E-state index in [2.05, 4.69) is 9.97 Å². The number of anilines is 1. The van der Waals surface area contributed by atoms with E-state index in [9.17, 15) is 0 Å². The summed E-state index contributed by atoms with van der Waals surface area (Å²) >= 11 is 0. The third-order valence-corrected chi connectivity index (χ3v) is 7.61. The quantitative estimate of drug-likeness (QED) is 0.173. The van der Waals surface area contributed by atoms with Crippen LogP contribution in [0.15, 0.2) is 91.0 Å². The molecule has 0 spiro atoms. The molecule has 42 heavy (non-hydrogen) atoms. The molecule has 0 saturated heterocycles. The van der Waals surface area contributed by atoms with Gasteiger partial charge in [-0.1, -0.05) is 84.9 Å². The van der Waals surface area contributed by atoms with E-state index in [0.717, 1.165) is 43.8 Å². The van der Waals surface area contributed by atoms with Crippen molar-refractivity contribution in [2.45, 2.75) is 0 Å². The first-order valence-corrected chi connectivity index (χ1v) is 13.2. The van der Waals surface area contributed by atoms with Crippen LogP contribution in [0.2, 0.25) is 0 Å². The van der Waals surface area contributed by atoms with Gasteiger partial charge in [0.05, 0.1) is 5.39 Å². The van der Waals surface area contributed by atoms with E-state index in [1.54, 1.807) is 0 Å². The largest absolute Gasteiger partial charge is 0.398 e. The Morgan fingerprint density at radius 2 is 0.786 bits per heavy atom. The molecule has 0 unspecified atom stereocenters. The number of H-pyrrole nitrogens is 2. The topological polar surface area (TPSA) is 135 Å². The number of nitrogens with two attached hydrogens (primary N) is 1. The number of nitrogens with one attached hydrogen (secondary N) is 2. The molecule has 4 aromatic carbocycles. The van der Waals surface area contributed by atoms with Crippen molar-refractivity contribution in [3.05, 3.63) is 91.0 Å². The van der Waals surface area contributed by atoms with Gasteiger partial charge in [-0.25, -0.2) is 29.9 Å². The van der Waals surface area contributed by atoms with Crippen LogP contribution in [0.5, 0.6) is 0 Å². The predicted molar refractivity (Wildman–Crippen MR) is 160 cm³/mol. The molecule has 201 valence electrons. The number of hydrogen-bond donors (Lipinski definition) is 3. The maximum atomic E-state index is 6.49. The normalized spacial score (nSPS) is 11.7. The minimum Gasteiger partial charge on any atom is -0.398 e. The second-order valence-electron chi connectivity index (χ2n) is 10.0. The van der Waals surface area contributed by atoms with E-state index in [1.165, 1.54) is 0 Å². The number of nitrogen functional groups attached to an aromatic ring is 1. The average molecular weight is 589 g/mol. The minimum absolute atomic E-state index is 0. The van der Waals surface area contributed by atoms with Gasteiger partial charge < -0.3 is 15.7 Å². The maximum absolute atomic E-state index is 6.49. The summed E-state index contributed by atoms with van der Waals surface area (Å²) in [4.78, 5) is 36.7. The second kappa shape index (κ2) is 9.03. The molecule has 1 radical (unpaired) electrons. The van der Waals surface area contributed by atoms with Gasteiger partial charge in [0.1, 0.15) is 22.6 Å². The standard InChI is InChI=1S/C32H19N9.Co/c33-23-15-7-14-22-24(23)32-40-30-21-13-6-5-12-20(21)28(38-30)36-26-17-9-2-1-8-16(17)25(34-26)35-27-18-10-3-4-11-19(18)29(37-27)39-31(22)41-32;/h1-15H,33H2,(H2,34,35,36,37,38,39,40,41);. The van der Waals surface area contributed by atoms with Gasteiger partial charge in [-0.05, 0) is 6.07 Å². The first-order valence-electron chi connectivity index (χ1n) is 13.2. The Balaban J connectivity index is 0.00000267. The molecule has 2 aliphatic heterocycles. The van der Waals surface area contributed by atoms with E-state index in [-0.39, 0.29) is 16.8 Å². The molecule has 9 rings (SSSR count).